The molecule has 0 atom stereocenters. The molecule has 0 radical (unpaired) electrons. The van der Waals surface area contributed by atoms with Crippen molar-refractivity contribution >= 4 is 29.2 Å². The number of para-hydroxylation sites is 1. The van der Waals surface area contributed by atoms with Gasteiger partial charge in [0.05, 0.1) is 21.8 Å². The molecule has 0 heterocycles. The number of rotatable bonds is 4. The van der Waals surface area contributed by atoms with Crippen molar-refractivity contribution in [1.82, 2.24) is 0 Å². The van der Waals surface area contributed by atoms with Gasteiger partial charge in [0.1, 0.15) is 0 Å². The highest BCUT2D eigenvalue weighted by Gasteiger charge is 2.12. The average Bonchev–Trinajstić information content (AvgIpc) is 2.42. The van der Waals surface area contributed by atoms with E-state index in [-0.39, 0.29) is 11.4 Å². The first-order valence-corrected chi connectivity index (χ1v) is 5.97. The van der Waals surface area contributed by atoms with Gasteiger partial charge in [0, 0.05) is 11.6 Å². The van der Waals surface area contributed by atoms with E-state index < -0.39 is 4.92 Å². The summed E-state index contributed by atoms with van der Waals surface area (Å²) >= 11 is 5.93. The molecule has 0 bridgehead atoms. The van der Waals surface area contributed by atoms with E-state index in [1.54, 1.807) is 24.3 Å². The van der Waals surface area contributed by atoms with Gasteiger partial charge in [-0.25, -0.2) is 0 Å². The van der Waals surface area contributed by atoms with Crippen molar-refractivity contribution < 1.29 is 10.0 Å². The maximum Gasteiger partial charge on any atom is 0.311 e. The number of hydrogen-bond donors (Lipinski definition) is 2. The Morgan fingerprint density at radius 1 is 1.30 bits per heavy atom. The molecule has 2 rings (SSSR count). The first-order valence-electron chi connectivity index (χ1n) is 5.59. The Bertz CT molecular complexity index is 674. The summed E-state index contributed by atoms with van der Waals surface area (Å²) in [6.07, 6.45) is 1.40. The van der Waals surface area contributed by atoms with Crippen molar-refractivity contribution in [2.24, 2.45) is 5.10 Å². The van der Waals surface area contributed by atoms with Gasteiger partial charge in [0.15, 0.2) is 5.75 Å². The lowest BCUT2D eigenvalue weighted by Crippen LogP contribution is -1.93. The second-order valence-corrected chi connectivity index (χ2v) is 4.26. The molecule has 102 valence electrons. The first-order chi connectivity index (χ1) is 9.58. The van der Waals surface area contributed by atoms with Crippen LogP contribution in [0.4, 0.5) is 11.4 Å². The summed E-state index contributed by atoms with van der Waals surface area (Å²) in [4.78, 5) is 10.0. The lowest BCUT2D eigenvalue weighted by atomic mass is 10.2. The predicted octanol–water partition coefficient (Wildman–Crippen LogP) is 3.40. The standard InChI is InChI=1S/C13H10ClN3O3/c14-10-3-1-2-4-11(10)16-15-8-9-5-6-13(18)12(7-9)17(19)20/h1-8,16,18H/b15-8-. The van der Waals surface area contributed by atoms with Crippen molar-refractivity contribution in [2.75, 3.05) is 5.43 Å². The molecule has 6 nitrogen and oxygen atoms in total. The van der Waals surface area contributed by atoms with E-state index in [1.807, 2.05) is 0 Å². The van der Waals surface area contributed by atoms with Crippen LogP contribution in [-0.2, 0) is 0 Å². The van der Waals surface area contributed by atoms with Crippen LogP contribution >= 0.6 is 11.6 Å². The maximum atomic E-state index is 10.7. The maximum absolute atomic E-state index is 10.7. The Kier molecular flexibility index (Phi) is 4.17. The van der Waals surface area contributed by atoms with E-state index in [1.165, 1.54) is 24.4 Å². The van der Waals surface area contributed by atoms with E-state index in [2.05, 4.69) is 10.5 Å². The Morgan fingerprint density at radius 3 is 2.75 bits per heavy atom. The van der Waals surface area contributed by atoms with Crippen LogP contribution in [0.5, 0.6) is 5.75 Å². The van der Waals surface area contributed by atoms with Gasteiger partial charge in [0.25, 0.3) is 0 Å². The Labute approximate surface area is 119 Å². The van der Waals surface area contributed by atoms with E-state index in [0.717, 1.165) is 0 Å². The molecule has 0 amide bonds. The van der Waals surface area contributed by atoms with Gasteiger partial charge < -0.3 is 5.11 Å². The summed E-state index contributed by atoms with van der Waals surface area (Å²) in [7, 11) is 0. The van der Waals surface area contributed by atoms with E-state index >= 15 is 0 Å². The fourth-order valence-corrected chi connectivity index (χ4v) is 1.67. The quantitative estimate of drug-likeness (QED) is 0.513. The molecule has 0 aliphatic heterocycles. The van der Waals surface area contributed by atoms with Crippen LogP contribution in [0.3, 0.4) is 0 Å². The van der Waals surface area contributed by atoms with Crippen molar-refractivity contribution in [3.05, 3.63) is 63.2 Å². The summed E-state index contributed by atoms with van der Waals surface area (Å²) < 4.78 is 0. The zero-order chi connectivity index (χ0) is 14.5. The van der Waals surface area contributed by atoms with Gasteiger partial charge in [0.2, 0.25) is 0 Å². The summed E-state index contributed by atoms with van der Waals surface area (Å²) in [5, 5.41) is 24.5. The summed E-state index contributed by atoms with van der Waals surface area (Å²) in [5.74, 6) is -0.383. The SMILES string of the molecule is O=[N+]([O-])c1cc(/C=N\Nc2ccccc2Cl)ccc1O. The second kappa shape index (κ2) is 6.03. The van der Waals surface area contributed by atoms with Gasteiger partial charge >= 0.3 is 5.69 Å². The predicted molar refractivity (Wildman–Crippen MR) is 77.4 cm³/mol. The van der Waals surface area contributed by atoms with Gasteiger partial charge in [-0.15, -0.1) is 0 Å². The fraction of sp³-hybridized carbons (Fsp3) is 0. The molecule has 0 aliphatic carbocycles. The number of aromatic hydroxyl groups is 1. The molecular formula is C13H10ClN3O3. The van der Waals surface area contributed by atoms with Gasteiger partial charge in [-0.2, -0.15) is 5.10 Å². The van der Waals surface area contributed by atoms with Crippen LogP contribution in [0.15, 0.2) is 47.6 Å². The largest absolute Gasteiger partial charge is 0.502 e. The molecule has 0 fully saturated rings. The summed E-state index contributed by atoms with van der Waals surface area (Å²) in [6, 6.07) is 11.0. The monoisotopic (exact) mass is 291 g/mol. The third-order valence-electron chi connectivity index (χ3n) is 2.47. The zero-order valence-corrected chi connectivity index (χ0v) is 10.9. The normalized spacial score (nSPS) is 10.7. The van der Waals surface area contributed by atoms with Gasteiger partial charge in [-0.05, 0) is 24.3 Å². The number of nitro benzene ring substituents is 1. The molecule has 2 aromatic carbocycles. The summed E-state index contributed by atoms with van der Waals surface area (Å²) in [6.45, 7) is 0. The van der Waals surface area contributed by atoms with E-state index in [0.29, 0.717) is 16.3 Å². The molecule has 0 saturated heterocycles. The minimum Gasteiger partial charge on any atom is -0.502 e. The van der Waals surface area contributed by atoms with Gasteiger partial charge in [-0.1, -0.05) is 23.7 Å². The van der Waals surface area contributed by atoms with Crippen LogP contribution in [0.25, 0.3) is 0 Å². The van der Waals surface area contributed by atoms with Crippen molar-refractivity contribution in [3.8, 4) is 5.75 Å². The molecule has 7 heteroatoms. The van der Waals surface area contributed by atoms with Crippen molar-refractivity contribution in [2.45, 2.75) is 0 Å². The van der Waals surface area contributed by atoms with Crippen LogP contribution in [0, 0.1) is 10.1 Å². The lowest BCUT2D eigenvalue weighted by molar-refractivity contribution is -0.385. The second-order valence-electron chi connectivity index (χ2n) is 3.86. The number of halogens is 1. The van der Waals surface area contributed by atoms with Crippen LogP contribution in [-0.4, -0.2) is 16.2 Å². The number of hydrogen-bond acceptors (Lipinski definition) is 5. The molecule has 0 unspecified atom stereocenters. The minimum atomic E-state index is -0.659. The average molecular weight is 292 g/mol. The van der Waals surface area contributed by atoms with Crippen LogP contribution in [0.2, 0.25) is 5.02 Å². The smallest absolute Gasteiger partial charge is 0.311 e. The van der Waals surface area contributed by atoms with Crippen LogP contribution in [0.1, 0.15) is 5.56 Å². The highest BCUT2D eigenvalue weighted by Crippen LogP contribution is 2.25. The molecule has 0 aliphatic rings. The minimum absolute atomic E-state index is 0.369. The zero-order valence-electron chi connectivity index (χ0n) is 10.2. The number of nitrogens with one attached hydrogen (secondary N) is 1. The Morgan fingerprint density at radius 2 is 2.05 bits per heavy atom. The number of phenolic OH excluding ortho intramolecular Hbond substituents is 1. The lowest BCUT2D eigenvalue weighted by Gasteiger charge is -2.02. The summed E-state index contributed by atoms with van der Waals surface area (Å²) in [5.41, 5.74) is 3.47. The number of nitrogens with zero attached hydrogens (tertiary/aromatic N) is 2. The van der Waals surface area contributed by atoms with Crippen molar-refractivity contribution in [1.29, 1.82) is 0 Å². The number of phenols is 1. The number of anilines is 1. The van der Waals surface area contributed by atoms with Gasteiger partial charge in [-0.3, -0.25) is 15.5 Å². The number of nitro groups is 1. The molecule has 0 aromatic heterocycles. The fourth-order valence-electron chi connectivity index (χ4n) is 1.50. The first kappa shape index (κ1) is 13.8. The molecular weight excluding hydrogens is 282 g/mol. The third kappa shape index (κ3) is 3.24. The highest BCUT2D eigenvalue weighted by molar-refractivity contribution is 6.33. The number of benzene rings is 2. The Balaban J connectivity index is 2.14. The molecule has 2 N–H and O–H groups in total. The third-order valence-corrected chi connectivity index (χ3v) is 2.80. The topological polar surface area (TPSA) is 87.8 Å². The van der Waals surface area contributed by atoms with E-state index in [9.17, 15) is 15.2 Å². The van der Waals surface area contributed by atoms with Crippen LogP contribution < -0.4 is 5.43 Å². The highest BCUT2D eigenvalue weighted by atomic mass is 35.5. The number of hydrazone groups is 1. The molecule has 2 aromatic rings. The van der Waals surface area contributed by atoms with Crippen molar-refractivity contribution in [3.63, 3.8) is 0 Å². The molecule has 0 spiro atoms. The molecule has 20 heavy (non-hydrogen) atoms. The van der Waals surface area contributed by atoms with E-state index in [4.69, 9.17) is 11.6 Å². The Hall–Kier alpha value is -2.60. The molecule has 0 saturated carbocycles.